The molecule has 0 aliphatic carbocycles. The van der Waals surface area contributed by atoms with Crippen molar-refractivity contribution in [2.45, 2.75) is 13.0 Å². The van der Waals surface area contributed by atoms with Crippen LogP contribution in [0.5, 0.6) is 0 Å². The number of nitrogens with two attached hydrogens (primary N) is 2. The largest absolute Gasteiger partial charge is 0.481 e. The van der Waals surface area contributed by atoms with Crippen molar-refractivity contribution < 1.29 is 14.7 Å². The van der Waals surface area contributed by atoms with E-state index in [0.29, 0.717) is 5.39 Å². The Morgan fingerprint density at radius 2 is 2.05 bits per heavy atom. The minimum atomic E-state index is -1.07. The minimum Gasteiger partial charge on any atom is -0.481 e. The minimum absolute atomic E-state index is 0.123. The summed E-state index contributed by atoms with van der Waals surface area (Å²) in [5.74, 6) is -1.76. The molecule has 8 nitrogen and oxygen atoms in total. The van der Waals surface area contributed by atoms with E-state index in [4.69, 9.17) is 16.6 Å². The molecule has 0 radical (unpaired) electrons. The fourth-order valence-electron chi connectivity index (χ4n) is 1.85. The molecule has 2 aromatic heterocycles. The van der Waals surface area contributed by atoms with E-state index in [2.05, 4.69) is 4.98 Å². The molecule has 0 fully saturated rings. The number of amides is 1. The normalized spacial score (nSPS) is 10.6. The van der Waals surface area contributed by atoms with Crippen molar-refractivity contribution in [3.8, 4) is 0 Å². The zero-order chi connectivity index (χ0) is 14.9. The van der Waals surface area contributed by atoms with Gasteiger partial charge < -0.3 is 16.6 Å². The van der Waals surface area contributed by atoms with Crippen LogP contribution in [0.2, 0.25) is 0 Å². The number of carboxylic acids is 1. The number of rotatable bonds is 4. The average Bonchev–Trinajstić information content (AvgIpc) is 2.36. The van der Waals surface area contributed by atoms with Gasteiger partial charge in [0.05, 0.1) is 6.42 Å². The molecule has 0 spiro atoms. The van der Waals surface area contributed by atoms with Gasteiger partial charge in [0.15, 0.2) is 0 Å². The smallest absolute Gasteiger partial charge is 0.305 e. The number of pyridine rings is 2. The van der Waals surface area contributed by atoms with Crippen LogP contribution in [0.4, 0.5) is 5.82 Å². The molecule has 0 atom stereocenters. The topological polar surface area (TPSA) is 141 Å². The van der Waals surface area contributed by atoms with Crippen LogP contribution in [0.3, 0.4) is 0 Å². The van der Waals surface area contributed by atoms with E-state index < -0.39 is 17.4 Å². The highest BCUT2D eigenvalue weighted by atomic mass is 16.4. The van der Waals surface area contributed by atoms with E-state index in [-0.39, 0.29) is 30.0 Å². The highest BCUT2D eigenvalue weighted by Gasteiger charge is 2.15. The number of aryl methyl sites for hydroxylation is 1. The average molecular weight is 276 g/mol. The molecule has 0 bridgehead atoms. The predicted octanol–water partition coefficient (Wildman–Crippen LogP) is -0.448. The highest BCUT2D eigenvalue weighted by molar-refractivity contribution is 5.95. The van der Waals surface area contributed by atoms with Crippen LogP contribution in [-0.2, 0) is 11.3 Å². The van der Waals surface area contributed by atoms with Gasteiger partial charge in [-0.05, 0) is 18.2 Å². The number of primary amides is 1. The Morgan fingerprint density at radius 1 is 1.35 bits per heavy atom. The quantitative estimate of drug-likeness (QED) is 0.690. The summed E-state index contributed by atoms with van der Waals surface area (Å²) < 4.78 is 1.10. The Balaban J connectivity index is 2.74. The number of nitrogens with zero attached hydrogens (tertiary/aromatic N) is 2. The molecule has 1 amide bonds. The molecule has 0 aliphatic heterocycles. The molecule has 20 heavy (non-hydrogen) atoms. The van der Waals surface area contributed by atoms with Gasteiger partial charge in [-0.1, -0.05) is 0 Å². The number of carboxylic acid groups (broad SMARTS) is 1. The molecular weight excluding hydrogens is 264 g/mol. The van der Waals surface area contributed by atoms with Gasteiger partial charge in [-0.15, -0.1) is 0 Å². The standard InChI is InChI=1S/C12H12N4O4/c13-8-2-1-6-5-7(10(14)19)12(20)16(11(6)15-8)4-3-9(17)18/h1-2,5H,3-4H2,(H2,13,15)(H2,14,19)(H,17,18). The number of anilines is 1. The summed E-state index contributed by atoms with van der Waals surface area (Å²) >= 11 is 0. The molecule has 0 aromatic carbocycles. The maximum Gasteiger partial charge on any atom is 0.305 e. The van der Waals surface area contributed by atoms with Crippen molar-refractivity contribution in [2.24, 2.45) is 5.73 Å². The third kappa shape index (κ3) is 2.44. The first-order valence-corrected chi connectivity index (χ1v) is 5.72. The number of nitrogen functional groups attached to an aromatic ring is 1. The van der Waals surface area contributed by atoms with Crippen molar-refractivity contribution in [3.63, 3.8) is 0 Å². The fraction of sp³-hybridized carbons (Fsp3) is 0.167. The molecule has 2 aromatic rings. The van der Waals surface area contributed by atoms with Crippen LogP contribution in [0.25, 0.3) is 11.0 Å². The second-order valence-corrected chi connectivity index (χ2v) is 4.17. The molecular formula is C12H12N4O4. The summed E-state index contributed by atoms with van der Waals surface area (Å²) in [6.07, 6.45) is -0.284. The van der Waals surface area contributed by atoms with E-state index in [1.807, 2.05) is 0 Å². The lowest BCUT2D eigenvalue weighted by Gasteiger charge is -2.10. The molecule has 8 heteroatoms. The second kappa shape index (κ2) is 5.00. The summed E-state index contributed by atoms with van der Waals surface area (Å²) in [6, 6.07) is 4.42. The van der Waals surface area contributed by atoms with E-state index in [1.54, 1.807) is 6.07 Å². The molecule has 2 heterocycles. The Labute approximate surface area is 112 Å². The molecule has 0 aliphatic rings. The molecule has 0 saturated carbocycles. The first-order chi connectivity index (χ1) is 9.40. The lowest BCUT2D eigenvalue weighted by Crippen LogP contribution is -2.30. The maximum absolute atomic E-state index is 12.1. The summed E-state index contributed by atoms with van der Waals surface area (Å²) in [6.45, 7) is -0.123. The van der Waals surface area contributed by atoms with Crippen LogP contribution in [0.15, 0.2) is 23.0 Å². The van der Waals surface area contributed by atoms with Crippen molar-refractivity contribution in [1.82, 2.24) is 9.55 Å². The van der Waals surface area contributed by atoms with Crippen molar-refractivity contribution >= 4 is 28.7 Å². The maximum atomic E-state index is 12.1. The lowest BCUT2D eigenvalue weighted by atomic mass is 10.2. The second-order valence-electron chi connectivity index (χ2n) is 4.17. The van der Waals surface area contributed by atoms with Crippen LogP contribution >= 0.6 is 0 Å². The Kier molecular flexibility index (Phi) is 3.38. The van der Waals surface area contributed by atoms with Gasteiger partial charge in [-0.2, -0.15) is 0 Å². The molecule has 0 unspecified atom stereocenters. The van der Waals surface area contributed by atoms with E-state index in [0.717, 1.165) is 4.57 Å². The molecule has 5 N–H and O–H groups in total. The van der Waals surface area contributed by atoms with Crippen LogP contribution < -0.4 is 17.0 Å². The zero-order valence-electron chi connectivity index (χ0n) is 10.4. The summed E-state index contributed by atoms with van der Waals surface area (Å²) in [5, 5.41) is 9.20. The summed E-state index contributed by atoms with van der Waals surface area (Å²) in [5.41, 5.74) is 10.0. The van der Waals surface area contributed by atoms with E-state index in [9.17, 15) is 14.4 Å². The molecule has 0 saturated heterocycles. The number of aromatic nitrogens is 2. The number of carbonyl (C=O) groups excluding carboxylic acids is 1. The van der Waals surface area contributed by atoms with Crippen LogP contribution in [0.1, 0.15) is 16.8 Å². The van der Waals surface area contributed by atoms with Gasteiger partial charge in [0.25, 0.3) is 11.5 Å². The molecule has 2 rings (SSSR count). The van der Waals surface area contributed by atoms with E-state index in [1.165, 1.54) is 12.1 Å². The first-order valence-electron chi connectivity index (χ1n) is 5.72. The monoisotopic (exact) mass is 276 g/mol. The molecule has 104 valence electrons. The summed E-state index contributed by atoms with van der Waals surface area (Å²) in [4.78, 5) is 38.1. The van der Waals surface area contributed by atoms with Crippen LogP contribution in [0, 0.1) is 0 Å². The summed E-state index contributed by atoms with van der Waals surface area (Å²) in [7, 11) is 0. The van der Waals surface area contributed by atoms with Gasteiger partial charge in [-0.3, -0.25) is 19.0 Å². The number of hydrogen-bond acceptors (Lipinski definition) is 5. The number of carbonyl (C=O) groups is 2. The Morgan fingerprint density at radius 3 is 2.65 bits per heavy atom. The van der Waals surface area contributed by atoms with E-state index >= 15 is 0 Å². The van der Waals surface area contributed by atoms with Gasteiger partial charge in [-0.25, -0.2) is 4.98 Å². The SMILES string of the molecule is NC(=O)c1cc2ccc(N)nc2n(CCC(=O)O)c1=O. The van der Waals surface area contributed by atoms with Gasteiger partial charge >= 0.3 is 5.97 Å². The van der Waals surface area contributed by atoms with Gasteiger partial charge in [0.1, 0.15) is 17.0 Å². The predicted molar refractivity (Wildman–Crippen MR) is 71.2 cm³/mol. The highest BCUT2D eigenvalue weighted by Crippen LogP contribution is 2.14. The fourth-order valence-corrected chi connectivity index (χ4v) is 1.85. The Bertz CT molecular complexity index is 766. The third-order valence-corrected chi connectivity index (χ3v) is 2.77. The first kappa shape index (κ1) is 13.5. The lowest BCUT2D eigenvalue weighted by molar-refractivity contribution is -0.137. The van der Waals surface area contributed by atoms with Crippen molar-refractivity contribution in [1.29, 1.82) is 0 Å². The van der Waals surface area contributed by atoms with Crippen molar-refractivity contribution in [2.75, 3.05) is 5.73 Å². The Hall–Kier alpha value is -2.90. The van der Waals surface area contributed by atoms with Gasteiger partial charge in [0.2, 0.25) is 0 Å². The van der Waals surface area contributed by atoms with Crippen LogP contribution in [-0.4, -0.2) is 26.5 Å². The third-order valence-electron chi connectivity index (χ3n) is 2.77. The van der Waals surface area contributed by atoms with Crippen molar-refractivity contribution in [3.05, 3.63) is 34.1 Å². The number of aliphatic carboxylic acids is 1. The zero-order valence-corrected chi connectivity index (χ0v) is 10.4. The number of hydrogen-bond donors (Lipinski definition) is 3. The number of fused-ring (bicyclic) bond motifs is 1. The van der Waals surface area contributed by atoms with Gasteiger partial charge in [0, 0.05) is 11.9 Å².